The van der Waals surface area contributed by atoms with E-state index >= 15 is 0 Å². The highest BCUT2D eigenvalue weighted by molar-refractivity contribution is 5.80. The van der Waals surface area contributed by atoms with Crippen molar-refractivity contribution in [1.29, 1.82) is 0 Å². The fourth-order valence-electron chi connectivity index (χ4n) is 3.03. The Labute approximate surface area is 128 Å². The summed E-state index contributed by atoms with van der Waals surface area (Å²) >= 11 is 0. The van der Waals surface area contributed by atoms with E-state index in [1.54, 1.807) is 0 Å². The molecule has 1 saturated heterocycles. The predicted molar refractivity (Wildman–Crippen MR) is 86.7 cm³/mol. The fraction of sp³-hybridized carbons (Fsp3) is 0.500. The average molecular weight is 286 g/mol. The zero-order chi connectivity index (χ0) is 15.6. The van der Waals surface area contributed by atoms with Crippen molar-refractivity contribution in [2.45, 2.75) is 39.8 Å². The van der Waals surface area contributed by atoms with E-state index in [1.807, 2.05) is 18.0 Å². The molecule has 1 amide bonds. The quantitative estimate of drug-likeness (QED) is 0.849. The number of carbonyl (C=O) groups excluding carboxylic acids is 1. The van der Waals surface area contributed by atoms with Crippen molar-refractivity contribution in [2.24, 2.45) is 5.41 Å². The zero-order valence-electron chi connectivity index (χ0n) is 13.7. The van der Waals surface area contributed by atoms with Crippen LogP contribution < -0.4 is 0 Å². The molecule has 1 aromatic rings. The van der Waals surface area contributed by atoms with Crippen molar-refractivity contribution < 1.29 is 4.79 Å². The zero-order valence-corrected chi connectivity index (χ0v) is 13.7. The summed E-state index contributed by atoms with van der Waals surface area (Å²) in [7, 11) is 1.90. The number of likely N-dealkylation sites (N-methyl/N-ethyl adjacent to an activating group) is 1. The van der Waals surface area contributed by atoms with Gasteiger partial charge in [-0.3, -0.25) is 4.79 Å². The molecule has 0 aliphatic carbocycles. The molecule has 1 aliphatic rings. The summed E-state index contributed by atoms with van der Waals surface area (Å²) in [5.74, 6) is 0.528. The number of nitrogens with zero attached hydrogens (tertiary/aromatic N) is 2. The van der Waals surface area contributed by atoms with Gasteiger partial charge in [0.1, 0.15) is 6.17 Å². The molecule has 3 heteroatoms. The van der Waals surface area contributed by atoms with Crippen molar-refractivity contribution in [1.82, 2.24) is 9.80 Å². The van der Waals surface area contributed by atoms with Crippen LogP contribution in [0.1, 0.15) is 39.2 Å². The average Bonchev–Trinajstić information content (AvgIpc) is 2.72. The predicted octanol–water partition coefficient (Wildman–Crippen LogP) is 3.45. The van der Waals surface area contributed by atoms with Gasteiger partial charge in [0.05, 0.1) is 6.54 Å². The molecule has 0 unspecified atom stereocenters. The first-order valence-electron chi connectivity index (χ1n) is 7.55. The molecule has 1 aromatic carbocycles. The van der Waals surface area contributed by atoms with Crippen molar-refractivity contribution >= 4 is 5.91 Å². The molecule has 1 fully saturated rings. The third-order valence-electron chi connectivity index (χ3n) is 4.06. The van der Waals surface area contributed by atoms with Gasteiger partial charge in [0.25, 0.3) is 0 Å². The van der Waals surface area contributed by atoms with E-state index < -0.39 is 0 Å². The molecule has 3 nitrogen and oxygen atoms in total. The minimum absolute atomic E-state index is 0.0290. The number of hydrogen-bond acceptors (Lipinski definition) is 2. The molecule has 0 saturated carbocycles. The Balaban J connectivity index is 2.14. The lowest BCUT2D eigenvalue weighted by Crippen LogP contribution is -2.45. The molecule has 0 radical (unpaired) electrons. The molecule has 1 aliphatic heterocycles. The third kappa shape index (κ3) is 3.46. The maximum absolute atomic E-state index is 12.0. The third-order valence-corrected chi connectivity index (χ3v) is 4.06. The van der Waals surface area contributed by atoms with Gasteiger partial charge in [-0.15, -0.1) is 0 Å². The summed E-state index contributed by atoms with van der Waals surface area (Å²) in [5.41, 5.74) is 1.32. The SMILES string of the molecule is C[C@@H](/C=C/N1CC(=O)N(C)[C@@H]1C(C)(C)C)c1ccccc1. The summed E-state index contributed by atoms with van der Waals surface area (Å²) in [6, 6.07) is 10.4. The van der Waals surface area contributed by atoms with Crippen molar-refractivity contribution in [3.05, 3.63) is 48.2 Å². The number of carbonyl (C=O) groups is 1. The van der Waals surface area contributed by atoms with Crippen LogP contribution in [0.2, 0.25) is 0 Å². The van der Waals surface area contributed by atoms with Gasteiger partial charge in [0.15, 0.2) is 0 Å². The molecular formula is C18H26N2O. The summed E-state index contributed by atoms with van der Waals surface area (Å²) in [4.78, 5) is 16.0. The van der Waals surface area contributed by atoms with Crippen LogP contribution >= 0.6 is 0 Å². The van der Waals surface area contributed by atoms with Crippen molar-refractivity contribution in [3.8, 4) is 0 Å². The Morgan fingerprint density at radius 1 is 1.24 bits per heavy atom. The van der Waals surface area contributed by atoms with Gasteiger partial charge in [0.2, 0.25) is 5.91 Å². The molecule has 0 N–H and O–H groups in total. The Morgan fingerprint density at radius 3 is 2.43 bits per heavy atom. The second-order valence-corrected chi connectivity index (χ2v) is 6.96. The van der Waals surface area contributed by atoms with Gasteiger partial charge in [-0.1, -0.05) is 64.1 Å². The maximum atomic E-state index is 12.0. The second-order valence-electron chi connectivity index (χ2n) is 6.96. The van der Waals surface area contributed by atoms with Crippen LogP contribution in [0.25, 0.3) is 0 Å². The van der Waals surface area contributed by atoms with Gasteiger partial charge >= 0.3 is 0 Å². The highest BCUT2D eigenvalue weighted by Gasteiger charge is 2.40. The van der Waals surface area contributed by atoms with Crippen LogP contribution in [-0.2, 0) is 4.79 Å². The van der Waals surface area contributed by atoms with Crippen LogP contribution in [0.4, 0.5) is 0 Å². The minimum atomic E-state index is 0.0290. The second kappa shape index (κ2) is 5.92. The summed E-state index contributed by atoms with van der Waals surface area (Å²) in [6.07, 6.45) is 4.39. The Hall–Kier alpha value is -1.77. The first kappa shape index (κ1) is 15.6. The highest BCUT2D eigenvalue weighted by atomic mass is 16.2. The van der Waals surface area contributed by atoms with E-state index in [9.17, 15) is 4.79 Å². The number of hydrogen-bond donors (Lipinski definition) is 0. The molecule has 0 spiro atoms. The lowest BCUT2D eigenvalue weighted by atomic mass is 9.91. The Bertz CT molecular complexity index is 516. The summed E-state index contributed by atoms with van der Waals surface area (Å²) in [6.45, 7) is 9.17. The number of amides is 1. The van der Waals surface area contributed by atoms with Crippen molar-refractivity contribution in [2.75, 3.05) is 13.6 Å². The molecular weight excluding hydrogens is 260 g/mol. The molecule has 1 heterocycles. The maximum Gasteiger partial charge on any atom is 0.243 e. The van der Waals surface area contributed by atoms with E-state index in [2.05, 4.69) is 69.1 Å². The standard InChI is InChI=1S/C18H26N2O/c1-14(15-9-7-6-8-10-15)11-12-20-13-16(21)19(5)17(20)18(2,3)4/h6-12,14,17H,13H2,1-5H3/b12-11+/t14-,17-/m0/s1. The van der Waals surface area contributed by atoms with Gasteiger partial charge in [-0.2, -0.15) is 0 Å². The monoisotopic (exact) mass is 286 g/mol. The largest absolute Gasteiger partial charge is 0.348 e. The van der Waals surface area contributed by atoms with Crippen molar-refractivity contribution in [3.63, 3.8) is 0 Å². The number of rotatable bonds is 3. The molecule has 114 valence electrons. The first-order chi connectivity index (χ1) is 9.80. The van der Waals surface area contributed by atoms with Crippen LogP contribution in [0.3, 0.4) is 0 Å². The molecule has 0 bridgehead atoms. The van der Waals surface area contributed by atoms with Gasteiger partial charge < -0.3 is 9.80 Å². The molecule has 0 aromatic heterocycles. The van der Waals surface area contributed by atoms with E-state index in [4.69, 9.17) is 0 Å². The van der Waals surface area contributed by atoms with Crippen LogP contribution in [0.15, 0.2) is 42.6 Å². The van der Waals surface area contributed by atoms with E-state index in [0.29, 0.717) is 12.5 Å². The topological polar surface area (TPSA) is 23.6 Å². The van der Waals surface area contributed by atoms with Gasteiger partial charge in [-0.25, -0.2) is 0 Å². The lowest BCUT2D eigenvalue weighted by molar-refractivity contribution is -0.127. The summed E-state index contributed by atoms with van der Waals surface area (Å²) in [5, 5.41) is 0. The minimum Gasteiger partial charge on any atom is -0.348 e. The number of allylic oxidation sites excluding steroid dienone is 1. The van der Waals surface area contributed by atoms with E-state index in [-0.39, 0.29) is 17.5 Å². The Morgan fingerprint density at radius 2 is 1.86 bits per heavy atom. The molecule has 21 heavy (non-hydrogen) atoms. The summed E-state index contributed by atoms with van der Waals surface area (Å²) < 4.78 is 0. The molecule has 2 atom stereocenters. The highest BCUT2D eigenvalue weighted by Crippen LogP contribution is 2.31. The van der Waals surface area contributed by atoms with Crippen LogP contribution in [0, 0.1) is 5.41 Å². The van der Waals surface area contributed by atoms with E-state index in [0.717, 1.165) is 0 Å². The lowest BCUT2D eigenvalue weighted by Gasteiger charge is -2.37. The van der Waals surface area contributed by atoms with Gasteiger partial charge in [0, 0.05) is 18.4 Å². The normalized spacial score (nSPS) is 21.4. The smallest absolute Gasteiger partial charge is 0.243 e. The first-order valence-corrected chi connectivity index (χ1v) is 7.55. The molecule has 2 rings (SSSR count). The van der Waals surface area contributed by atoms with Crippen LogP contribution in [-0.4, -0.2) is 35.5 Å². The number of benzene rings is 1. The van der Waals surface area contributed by atoms with Gasteiger partial charge in [-0.05, 0) is 11.8 Å². The fourth-order valence-corrected chi connectivity index (χ4v) is 3.03. The Kier molecular flexibility index (Phi) is 4.40. The van der Waals surface area contributed by atoms with E-state index in [1.165, 1.54) is 5.56 Å². The van der Waals surface area contributed by atoms with Crippen LogP contribution in [0.5, 0.6) is 0 Å².